The minimum absolute atomic E-state index is 0.0262. The maximum Gasteiger partial charge on any atom is 0.271 e. The number of hydrogen-bond acceptors (Lipinski definition) is 1. The molecule has 0 unspecified atom stereocenters. The summed E-state index contributed by atoms with van der Waals surface area (Å²) in [6, 6.07) is 10.00. The normalized spacial score (nSPS) is 22.9. The highest BCUT2D eigenvalue weighted by Crippen LogP contribution is 2.34. The third-order valence-electron chi connectivity index (χ3n) is 2.87. The molecule has 0 saturated carbocycles. The van der Waals surface area contributed by atoms with Crippen LogP contribution in [-0.4, -0.2) is 12.2 Å². The van der Waals surface area contributed by atoms with Gasteiger partial charge in [-0.25, -0.2) is 0 Å². The third-order valence-corrected chi connectivity index (χ3v) is 2.87. The molecule has 0 bridgehead atoms. The van der Waals surface area contributed by atoms with Crippen LogP contribution in [0, 0.1) is 0 Å². The number of halogens is 2. The minimum Gasteiger partial charge on any atom is -0.365 e. The summed E-state index contributed by atoms with van der Waals surface area (Å²) < 4.78 is 29.7. The Morgan fingerprint density at radius 1 is 1.25 bits per heavy atom. The van der Waals surface area contributed by atoms with Crippen LogP contribution >= 0.6 is 0 Å². The van der Waals surface area contributed by atoms with Crippen molar-refractivity contribution in [2.75, 3.05) is 0 Å². The van der Waals surface area contributed by atoms with E-state index < -0.39 is 6.08 Å². The second-order valence-corrected chi connectivity index (χ2v) is 4.06. The number of hydrogen-bond donors (Lipinski definition) is 0. The summed E-state index contributed by atoms with van der Waals surface area (Å²) in [6.07, 6.45) is -0.301. The summed E-state index contributed by atoms with van der Waals surface area (Å²) >= 11 is 0. The van der Waals surface area contributed by atoms with Gasteiger partial charge in [-0.2, -0.15) is 8.78 Å². The van der Waals surface area contributed by atoms with Crippen molar-refractivity contribution < 1.29 is 13.5 Å². The van der Waals surface area contributed by atoms with Gasteiger partial charge in [0.25, 0.3) is 6.08 Å². The molecule has 0 radical (unpaired) electrons. The van der Waals surface area contributed by atoms with E-state index in [9.17, 15) is 8.78 Å². The summed E-state index contributed by atoms with van der Waals surface area (Å²) in [5.74, 6) is 0. The molecule has 16 heavy (non-hydrogen) atoms. The van der Waals surface area contributed by atoms with Gasteiger partial charge >= 0.3 is 0 Å². The number of epoxide rings is 1. The van der Waals surface area contributed by atoms with Crippen molar-refractivity contribution >= 4 is 0 Å². The van der Waals surface area contributed by atoms with Crippen LogP contribution in [-0.2, 0) is 11.2 Å². The van der Waals surface area contributed by atoms with Crippen LogP contribution in [0.3, 0.4) is 0 Å². The van der Waals surface area contributed by atoms with Crippen LogP contribution in [0.15, 0.2) is 42.0 Å². The number of benzene rings is 1. The zero-order chi connectivity index (χ0) is 11.5. The fourth-order valence-corrected chi connectivity index (χ4v) is 1.80. The molecule has 86 valence electrons. The summed E-state index contributed by atoms with van der Waals surface area (Å²) in [4.78, 5) is 0. The van der Waals surface area contributed by atoms with E-state index in [0.717, 1.165) is 12.8 Å². The first-order chi connectivity index (χ1) is 7.68. The SMILES string of the molecule is CC(=C(F)F)[C@@H]1O[C@H]1CCc1ccccc1. The highest BCUT2D eigenvalue weighted by molar-refractivity contribution is 5.18. The fraction of sp³-hybridized carbons (Fsp3) is 0.385. The van der Waals surface area contributed by atoms with Gasteiger partial charge < -0.3 is 4.74 Å². The van der Waals surface area contributed by atoms with Crippen LogP contribution < -0.4 is 0 Å². The third kappa shape index (κ3) is 2.67. The lowest BCUT2D eigenvalue weighted by molar-refractivity contribution is 0.359. The van der Waals surface area contributed by atoms with Crippen LogP contribution in [0.5, 0.6) is 0 Å². The molecule has 1 aliphatic heterocycles. The maximum atomic E-state index is 12.3. The Balaban J connectivity index is 1.81. The van der Waals surface area contributed by atoms with E-state index >= 15 is 0 Å². The first kappa shape index (κ1) is 11.3. The van der Waals surface area contributed by atoms with Crippen LogP contribution in [0.1, 0.15) is 18.9 Å². The largest absolute Gasteiger partial charge is 0.365 e. The lowest BCUT2D eigenvalue weighted by atomic mass is 10.1. The van der Waals surface area contributed by atoms with E-state index in [1.807, 2.05) is 30.3 Å². The lowest BCUT2D eigenvalue weighted by Gasteiger charge is -1.98. The molecule has 1 aliphatic rings. The van der Waals surface area contributed by atoms with Gasteiger partial charge in [0.05, 0.1) is 6.10 Å². The Hall–Kier alpha value is -1.22. The first-order valence-corrected chi connectivity index (χ1v) is 5.39. The molecule has 1 aromatic rings. The Kier molecular flexibility index (Phi) is 3.34. The lowest BCUT2D eigenvalue weighted by Crippen LogP contribution is -1.98. The molecule has 2 atom stereocenters. The number of rotatable bonds is 4. The Morgan fingerprint density at radius 2 is 1.94 bits per heavy atom. The summed E-state index contributed by atoms with van der Waals surface area (Å²) in [7, 11) is 0. The molecule has 1 nitrogen and oxygen atoms in total. The van der Waals surface area contributed by atoms with Crippen molar-refractivity contribution in [2.24, 2.45) is 0 Å². The van der Waals surface area contributed by atoms with Crippen molar-refractivity contribution in [3.8, 4) is 0 Å². The molecule has 1 saturated heterocycles. The number of ether oxygens (including phenoxy) is 1. The standard InChI is InChI=1S/C13H14F2O/c1-9(13(14)15)12-11(16-12)8-7-10-5-3-2-4-6-10/h2-6,11-12H,7-8H2,1H3/t11-,12-/m0/s1. The summed E-state index contributed by atoms with van der Waals surface area (Å²) in [5, 5.41) is 0. The van der Waals surface area contributed by atoms with Crippen molar-refractivity contribution in [3.63, 3.8) is 0 Å². The average molecular weight is 224 g/mol. The van der Waals surface area contributed by atoms with Crippen LogP contribution in [0.25, 0.3) is 0 Å². The van der Waals surface area contributed by atoms with Gasteiger partial charge in [0.1, 0.15) is 6.10 Å². The van der Waals surface area contributed by atoms with Crippen molar-refractivity contribution in [3.05, 3.63) is 47.5 Å². The predicted octanol–water partition coefficient (Wildman–Crippen LogP) is 3.56. The van der Waals surface area contributed by atoms with E-state index in [4.69, 9.17) is 4.74 Å². The van der Waals surface area contributed by atoms with Crippen molar-refractivity contribution in [1.29, 1.82) is 0 Å². The molecule has 1 fully saturated rings. The van der Waals surface area contributed by atoms with E-state index in [2.05, 4.69) is 0 Å². The molecule has 2 rings (SSSR count). The van der Waals surface area contributed by atoms with Crippen molar-refractivity contribution in [1.82, 2.24) is 0 Å². The number of aryl methyl sites for hydroxylation is 1. The monoisotopic (exact) mass is 224 g/mol. The maximum absolute atomic E-state index is 12.3. The molecule has 0 spiro atoms. The Labute approximate surface area is 93.7 Å². The molecule has 0 aromatic heterocycles. The van der Waals surface area contributed by atoms with E-state index in [0.29, 0.717) is 0 Å². The molecule has 0 aliphatic carbocycles. The van der Waals surface area contributed by atoms with Gasteiger partial charge in [-0.15, -0.1) is 0 Å². The quantitative estimate of drug-likeness (QED) is 0.712. The Morgan fingerprint density at radius 3 is 2.56 bits per heavy atom. The molecular formula is C13H14F2O. The van der Waals surface area contributed by atoms with Gasteiger partial charge in [-0.1, -0.05) is 30.3 Å². The molecule has 3 heteroatoms. The molecular weight excluding hydrogens is 210 g/mol. The molecule has 1 heterocycles. The van der Waals surface area contributed by atoms with E-state index in [1.165, 1.54) is 12.5 Å². The van der Waals surface area contributed by atoms with Gasteiger partial charge in [0.2, 0.25) is 0 Å². The average Bonchev–Trinajstić information content (AvgIpc) is 3.06. The Bertz CT molecular complexity index is 382. The fourth-order valence-electron chi connectivity index (χ4n) is 1.80. The predicted molar refractivity (Wildman–Crippen MR) is 58.3 cm³/mol. The highest BCUT2D eigenvalue weighted by Gasteiger charge is 2.41. The van der Waals surface area contributed by atoms with Crippen LogP contribution in [0.2, 0.25) is 0 Å². The topological polar surface area (TPSA) is 12.5 Å². The van der Waals surface area contributed by atoms with Gasteiger partial charge in [0, 0.05) is 5.57 Å². The van der Waals surface area contributed by atoms with Crippen molar-refractivity contribution in [2.45, 2.75) is 32.0 Å². The first-order valence-electron chi connectivity index (χ1n) is 5.39. The zero-order valence-electron chi connectivity index (χ0n) is 9.12. The molecule has 1 aromatic carbocycles. The molecule has 0 amide bonds. The van der Waals surface area contributed by atoms with Gasteiger partial charge in [-0.3, -0.25) is 0 Å². The second kappa shape index (κ2) is 4.74. The van der Waals surface area contributed by atoms with Gasteiger partial charge in [0.15, 0.2) is 0 Å². The minimum atomic E-state index is -1.60. The summed E-state index contributed by atoms with van der Waals surface area (Å²) in [5.41, 5.74) is 1.30. The van der Waals surface area contributed by atoms with Gasteiger partial charge in [-0.05, 0) is 25.3 Å². The highest BCUT2D eigenvalue weighted by atomic mass is 19.3. The van der Waals surface area contributed by atoms with E-state index in [-0.39, 0.29) is 17.8 Å². The zero-order valence-corrected chi connectivity index (χ0v) is 9.12. The molecule has 0 N–H and O–H groups in total. The second-order valence-electron chi connectivity index (χ2n) is 4.06. The van der Waals surface area contributed by atoms with Crippen LogP contribution in [0.4, 0.5) is 8.78 Å². The van der Waals surface area contributed by atoms with E-state index in [1.54, 1.807) is 0 Å². The summed E-state index contributed by atoms with van der Waals surface area (Å²) in [6.45, 7) is 1.43. The smallest absolute Gasteiger partial charge is 0.271 e.